The largest absolute Gasteiger partial charge is 0.497 e. The van der Waals surface area contributed by atoms with Crippen LogP contribution in [0.3, 0.4) is 0 Å². The Bertz CT molecular complexity index is 1160. The average Bonchev–Trinajstić information content (AvgIpc) is 3.05. The normalized spacial score (nSPS) is 15.6. The van der Waals surface area contributed by atoms with Crippen molar-refractivity contribution in [3.8, 4) is 5.75 Å². The lowest BCUT2D eigenvalue weighted by Crippen LogP contribution is -2.37. The lowest BCUT2D eigenvalue weighted by atomic mass is 10.1. The van der Waals surface area contributed by atoms with E-state index in [-0.39, 0.29) is 18.2 Å². The fourth-order valence-electron chi connectivity index (χ4n) is 3.59. The molecule has 0 unspecified atom stereocenters. The average molecular weight is 465 g/mol. The summed E-state index contributed by atoms with van der Waals surface area (Å²) in [5, 5.41) is 3.01. The Balaban J connectivity index is 1.59. The van der Waals surface area contributed by atoms with Gasteiger partial charge in [0.25, 0.3) is 5.91 Å². The number of nitrogens with one attached hydrogen (secondary N) is 1. The summed E-state index contributed by atoms with van der Waals surface area (Å²) in [5.74, 6) is -0.431. The van der Waals surface area contributed by atoms with E-state index in [1.807, 2.05) is 6.07 Å². The Labute approximate surface area is 195 Å². The van der Waals surface area contributed by atoms with Crippen LogP contribution in [-0.4, -0.2) is 40.0 Å². The molecule has 3 aromatic rings. The summed E-state index contributed by atoms with van der Waals surface area (Å²) in [6.07, 6.45) is 3.23. The van der Waals surface area contributed by atoms with Crippen molar-refractivity contribution in [2.45, 2.75) is 19.0 Å². The van der Waals surface area contributed by atoms with Crippen LogP contribution in [0, 0.1) is 5.82 Å². The van der Waals surface area contributed by atoms with Gasteiger partial charge >= 0.3 is 0 Å². The number of thiocarbonyl (C=S) groups is 1. The maximum absolute atomic E-state index is 13.4. The van der Waals surface area contributed by atoms with Gasteiger partial charge in [0.2, 0.25) is 5.91 Å². The highest BCUT2D eigenvalue weighted by Gasteiger charge is 2.44. The van der Waals surface area contributed by atoms with Crippen molar-refractivity contribution in [3.63, 3.8) is 0 Å². The van der Waals surface area contributed by atoms with Gasteiger partial charge in [-0.15, -0.1) is 0 Å². The van der Waals surface area contributed by atoms with Crippen LogP contribution < -0.4 is 15.0 Å². The first-order valence-corrected chi connectivity index (χ1v) is 10.6. The summed E-state index contributed by atoms with van der Waals surface area (Å²) < 4.78 is 18.4. The second kappa shape index (κ2) is 9.74. The van der Waals surface area contributed by atoms with Crippen LogP contribution in [0.2, 0.25) is 0 Å². The quantitative estimate of drug-likeness (QED) is 0.537. The number of anilines is 2. The van der Waals surface area contributed by atoms with E-state index in [9.17, 15) is 14.0 Å². The molecule has 0 aliphatic carbocycles. The molecule has 1 N–H and O–H groups in total. The molecule has 0 bridgehead atoms. The Hall–Kier alpha value is -3.85. The third-order valence-corrected chi connectivity index (χ3v) is 5.65. The van der Waals surface area contributed by atoms with Gasteiger partial charge < -0.3 is 15.0 Å². The summed E-state index contributed by atoms with van der Waals surface area (Å²) in [4.78, 5) is 33.5. The number of benzene rings is 2. The van der Waals surface area contributed by atoms with Gasteiger partial charge in [0.15, 0.2) is 5.11 Å². The molecule has 9 heteroatoms. The molecular formula is C24H21FN4O3S. The highest BCUT2D eigenvalue weighted by atomic mass is 32.1. The molecule has 4 rings (SSSR count). The molecular weight excluding hydrogens is 443 g/mol. The number of carbonyl (C=O) groups is 2. The monoisotopic (exact) mass is 464 g/mol. The lowest BCUT2D eigenvalue weighted by molar-refractivity contribution is -0.124. The van der Waals surface area contributed by atoms with Gasteiger partial charge in [0.1, 0.15) is 17.6 Å². The number of rotatable bonds is 7. The smallest absolute Gasteiger partial charge is 0.256 e. The zero-order valence-electron chi connectivity index (χ0n) is 17.8. The first-order valence-electron chi connectivity index (χ1n) is 10.2. The molecule has 0 radical (unpaired) electrons. The predicted molar refractivity (Wildman–Crippen MR) is 126 cm³/mol. The van der Waals surface area contributed by atoms with Gasteiger partial charge in [-0.3, -0.25) is 19.5 Å². The van der Waals surface area contributed by atoms with Crippen LogP contribution in [0.1, 0.15) is 12.0 Å². The summed E-state index contributed by atoms with van der Waals surface area (Å²) in [6, 6.07) is 15.3. The number of ether oxygens (including phenoxy) is 1. The van der Waals surface area contributed by atoms with Crippen LogP contribution in [-0.2, 0) is 16.1 Å². The summed E-state index contributed by atoms with van der Waals surface area (Å²) in [7, 11) is 1.56. The zero-order valence-corrected chi connectivity index (χ0v) is 18.6. The maximum atomic E-state index is 13.4. The molecule has 168 valence electrons. The van der Waals surface area contributed by atoms with Crippen LogP contribution in [0.5, 0.6) is 5.75 Å². The van der Waals surface area contributed by atoms with Gasteiger partial charge in [0.05, 0.1) is 19.2 Å². The first kappa shape index (κ1) is 22.3. The Morgan fingerprint density at radius 1 is 1.15 bits per heavy atom. The zero-order chi connectivity index (χ0) is 23.4. The molecule has 1 atom stereocenters. The van der Waals surface area contributed by atoms with Gasteiger partial charge in [-0.1, -0.05) is 6.07 Å². The number of amides is 2. The summed E-state index contributed by atoms with van der Waals surface area (Å²) >= 11 is 5.66. The van der Waals surface area contributed by atoms with E-state index in [2.05, 4.69) is 10.3 Å². The van der Waals surface area contributed by atoms with Gasteiger partial charge in [-0.25, -0.2) is 4.39 Å². The van der Waals surface area contributed by atoms with Crippen LogP contribution >= 0.6 is 12.2 Å². The molecule has 1 aliphatic rings. The topological polar surface area (TPSA) is 74.8 Å². The van der Waals surface area contributed by atoms with Crippen molar-refractivity contribution in [1.29, 1.82) is 0 Å². The Morgan fingerprint density at radius 2 is 1.88 bits per heavy atom. The molecule has 33 heavy (non-hydrogen) atoms. The first-order chi connectivity index (χ1) is 16.0. The minimum Gasteiger partial charge on any atom is -0.497 e. The second-order valence-electron chi connectivity index (χ2n) is 7.42. The number of halogens is 1. The second-order valence-corrected chi connectivity index (χ2v) is 7.78. The number of nitrogens with zero attached hydrogens (tertiary/aromatic N) is 3. The van der Waals surface area contributed by atoms with E-state index < -0.39 is 11.9 Å². The van der Waals surface area contributed by atoms with Crippen molar-refractivity contribution < 1.29 is 18.7 Å². The van der Waals surface area contributed by atoms with E-state index in [4.69, 9.17) is 17.0 Å². The van der Waals surface area contributed by atoms with E-state index in [1.165, 1.54) is 29.2 Å². The van der Waals surface area contributed by atoms with Crippen molar-refractivity contribution >= 4 is 40.5 Å². The Kier molecular flexibility index (Phi) is 6.60. The van der Waals surface area contributed by atoms with E-state index in [0.29, 0.717) is 28.8 Å². The molecule has 2 amide bonds. The van der Waals surface area contributed by atoms with E-state index in [1.54, 1.807) is 54.7 Å². The highest BCUT2D eigenvalue weighted by Crippen LogP contribution is 2.30. The number of methoxy groups -OCH3 is 1. The number of aromatic nitrogens is 1. The van der Waals surface area contributed by atoms with Crippen LogP contribution in [0.4, 0.5) is 15.8 Å². The van der Waals surface area contributed by atoms with Crippen molar-refractivity contribution in [3.05, 3.63) is 84.4 Å². The predicted octanol–water partition coefficient (Wildman–Crippen LogP) is 3.76. The van der Waals surface area contributed by atoms with E-state index in [0.717, 1.165) is 5.56 Å². The molecule has 2 heterocycles. The molecule has 1 aliphatic heterocycles. The number of hydrogen-bond acceptors (Lipinski definition) is 5. The molecule has 0 spiro atoms. The molecule has 1 aromatic heterocycles. The number of pyridine rings is 1. The minimum atomic E-state index is -0.805. The number of hydrogen-bond donors (Lipinski definition) is 1. The molecule has 1 saturated heterocycles. The highest BCUT2D eigenvalue weighted by molar-refractivity contribution is 7.80. The van der Waals surface area contributed by atoms with Crippen LogP contribution in [0.25, 0.3) is 0 Å². The standard InChI is InChI=1S/C24H21FN4O3S/c1-32-20-10-8-19(9-11-20)29-23(31)21(13-22(30)27-18-6-4-17(25)5-7-18)28(24(29)33)15-16-3-2-12-26-14-16/h2-12,14,21H,13,15H2,1H3,(H,27,30)/t21-/m1/s1. The van der Waals surface area contributed by atoms with Crippen molar-refractivity contribution in [2.24, 2.45) is 0 Å². The third kappa shape index (κ3) is 4.98. The van der Waals surface area contributed by atoms with E-state index >= 15 is 0 Å². The fourth-order valence-corrected chi connectivity index (χ4v) is 3.98. The Morgan fingerprint density at radius 3 is 2.52 bits per heavy atom. The van der Waals surface area contributed by atoms with Gasteiger partial charge in [-0.05, 0) is 72.4 Å². The molecule has 2 aromatic carbocycles. The fraction of sp³-hybridized carbons (Fsp3) is 0.167. The minimum absolute atomic E-state index is 0.122. The molecule has 7 nitrogen and oxygen atoms in total. The maximum Gasteiger partial charge on any atom is 0.256 e. The van der Waals surface area contributed by atoms with Gasteiger partial charge in [0, 0.05) is 24.6 Å². The summed E-state index contributed by atoms with van der Waals surface area (Å²) in [6.45, 7) is 0.319. The summed E-state index contributed by atoms with van der Waals surface area (Å²) in [5.41, 5.74) is 1.89. The third-order valence-electron chi connectivity index (χ3n) is 5.23. The van der Waals surface area contributed by atoms with Crippen molar-refractivity contribution in [1.82, 2.24) is 9.88 Å². The van der Waals surface area contributed by atoms with Crippen LogP contribution in [0.15, 0.2) is 73.1 Å². The molecule has 0 saturated carbocycles. The lowest BCUT2D eigenvalue weighted by Gasteiger charge is -2.24. The SMILES string of the molecule is COc1ccc(N2C(=O)[C@@H](CC(=O)Nc3ccc(F)cc3)N(Cc3cccnc3)C2=S)cc1. The van der Waals surface area contributed by atoms with Gasteiger partial charge in [-0.2, -0.15) is 0 Å². The van der Waals surface area contributed by atoms with Crippen molar-refractivity contribution in [2.75, 3.05) is 17.3 Å². The number of carbonyl (C=O) groups excluding carboxylic acids is 2. The molecule has 1 fully saturated rings.